The zero-order valence-electron chi connectivity index (χ0n) is 18.0. The van der Waals surface area contributed by atoms with Gasteiger partial charge in [0.25, 0.3) is 5.91 Å². The summed E-state index contributed by atoms with van der Waals surface area (Å²) in [5, 5.41) is 4.96. The van der Waals surface area contributed by atoms with E-state index in [1.165, 1.54) is 12.1 Å². The summed E-state index contributed by atoms with van der Waals surface area (Å²) in [5.74, 6) is 0.296. The normalized spacial score (nSPS) is 15.8. The van der Waals surface area contributed by atoms with Gasteiger partial charge in [-0.25, -0.2) is 0 Å². The van der Waals surface area contributed by atoms with Crippen LogP contribution in [-0.2, 0) is 15.7 Å². The maximum Gasteiger partial charge on any atom is 0.416 e. The molecule has 1 fully saturated rings. The van der Waals surface area contributed by atoms with Gasteiger partial charge < -0.3 is 14.8 Å². The number of nitrogens with zero attached hydrogens (tertiary/aromatic N) is 1. The Morgan fingerprint density at radius 3 is 2.39 bits per heavy atom. The maximum atomic E-state index is 12.9. The molecule has 4 rings (SSSR count). The summed E-state index contributed by atoms with van der Waals surface area (Å²) < 4.78 is 49.9. The Balaban J connectivity index is 1.38. The van der Waals surface area contributed by atoms with Gasteiger partial charge in [-0.05, 0) is 40.6 Å². The molecule has 1 unspecified atom stereocenters. The molecule has 1 N–H and O–H groups in total. The molecule has 8 heteroatoms. The molecule has 3 aromatic carbocycles. The second kappa shape index (κ2) is 10.2. The zero-order valence-corrected chi connectivity index (χ0v) is 18.0. The molecule has 1 heterocycles. The Kier molecular flexibility index (Phi) is 7.15. The van der Waals surface area contributed by atoms with Crippen molar-refractivity contribution in [1.29, 1.82) is 0 Å². The van der Waals surface area contributed by atoms with E-state index in [9.17, 15) is 18.0 Å². The number of morpholine rings is 1. The van der Waals surface area contributed by atoms with Crippen LogP contribution in [0.5, 0.6) is 5.75 Å². The molecule has 0 radical (unpaired) electrons. The summed E-state index contributed by atoms with van der Waals surface area (Å²) in [4.78, 5) is 14.6. The first-order valence-electron chi connectivity index (χ1n) is 10.8. The average Bonchev–Trinajstić information content (AvgIpc) is 2.83. The number of ether oxygens (including phenoxy) is 2. The first-order chi connectivity index (χ1) is 15.9. The van der Waals surface area contributed by atoms with Crippen LogP contribution in [0.4, 0.5) is 13.2 Å². The molecule has 0 spiro atoms. The fraction of sp³-hybridized carbons (Fsp3) is 0.320. The zero-order chi connectivity index (χ0) is 23.3. The predicted molar refractivity (Wildman–Crippen MR) is 119 cm³/mol. The van der Waals surface area contributed by atoms with Crippen LogP contribution in [-0.4, -0.2) is 50.3 Å². The summed E-state index contributed by atoms with van der Waals surface area (Å²) in [5.41, 5.74) is 0.0143. The summed E-state index contributed by atoms with van der Waals surface area (Å²) >= 11 is 0. The number of hydrogen-bond donors (Lipinski definition) is 1. The summed E-state index contributed by atoms with van der Waals surface area (Å²) in [6, 6.07) is 18.3. The van der Waals surface area contributed by atoms with Crippen molar-refractivity contribution in [3.05, 3.63) is 77.9 Å². The highest BCUT2D eigenvalue weighted by Crippen LogP contribution is 2.31. The number of fused-ring (bicyclic) bond motifs is 1. The van der Waals surface area contributed by atoms with Crippen molar-refractivity contribution in [2.45, 2.75) is 12.2 Å². The lowest BCUT2D eigenvalue weighted by Gasteiger charge is -2.35. The van der Waals surface area contributed by atoms with Crippen molar-refractivity contribution in [2.24, 2.45) is 0 Å². The molecule has 1 aliphatic rings. The monoisotopic (exact) mass is 458 g/mol. The van der Waals surface area contributed by atoms with Gasteiger partial charge in [0.15, 0.2) is 6.61 Å². The molecule has 1 saturated heterocycles. The number of nitrogens with one attached hydrogen (secondary N) is 1. The summed E-state index contributed by atoms with van der Waals surface area (Å²) in [6.45, 7) is 2.45. The molecule has 0 aromatic heterocycles. The quantitative estimate of drug-likeness (QED) is 0.569. The minimum atomic E-state index is -4.39. The third-order valence-corrected chi connectivity index (χ3v) is 5.69. The van der Waals surface area contributed by atoms with E-state index < -0.39 is 11.7 Å². The van der Waals surface area contributed by atoms with Crippen LogP contribution >= 0.6 is 0 Å². The van der Waals surface area contributed by atoms with E-state index in [0.717, 1.165) is 22.9 Å². The van der Waals surface area contributed by atoms with Gasteiger partial charge in [-0.1, -0.05) is 42.5 Å². The molecule has 33 heavy (non-hydrogen) atoms. The highest BCUT2D eigenvalue weighted by atomic mass is 19.4. The van der Waals surface area contributed by atoms with Gasteiger partial charge in [0.2, 0.25) is 0 Å². The molecule has 1 amide bonds. The van der Waals surface area contributed by atoms with Crippen LogP contribution in [0.2, 0.25) is 0 Å². The average molecular weight is 458 g/mol. The molecule has 1 aliphatic heterocycles. The Bertz CT molecular complexity index is 1080. The van der Waals surface area contributed by atoms with Crippen LogP contribution in [0.1, 0.15) is 17.2 Å². The van der Waals surface area contributed by atoms with Crippen molar-refractivity contribution in [3.63, 3.8) is 0 Å². The Hall–Kier alpha value is -3.10. The van der Waals surface area contributed by atoms with Gasteiger partial charge in [-0.3, -0.25) is 9.69 Å². The van der Waals surface area contributed by atoms with Gasteiger partial charge in [-0.2, -0.15) is 13.2 Å². The van der Waals surface area contributed by atoms with Crippen LogP contribution in [0.3, 0.4) is 0 Å². The summed E-state index contributed by atoms with van der Waals surface area (Å²) in [6.07, 6.45) is -4.39. The van der Waals surface area contributed by atoms with Crippen molar-refractivity contribution in [2.75, 3.05) is 39.5 Å². The maximum absolute atomic E-state index is 12.9. The number of alkyl halides is 3. The molecule has 0 aliphatic carbocycles. The summed E-state index contributed by atoms with van der Waals surface area (Å²) in [7, 11) is 0. The lowest BCUT2D eigenvalue weighted by Crippen LogP contribution is -2.44. The minimum absolute atomic E-state index is 0.152. The number of hydrogen-bond acceptors (Lipinski definition) is 4. The molecule has 1 atom stereocenters. The molecular weight excluding hydrogens is 433 g/mol. The fourth-order valence-electron chi connectivity index (χ4n) is 3.91. The number of carbonyl (C=O) groups is 1. The van der Waals surface area contributed by atoms with Crippen molar-refractivity contribution < 1.29 is 27.4 Å². The Labute approximate surface area is 190 Å². The van der Waals surface area contributed by atoms with Crippen molar-refractivity contribution >= 4 is 16.7 Å². The molecule has 5 nitrogen and oxygen atoms in total. The van der Waals surface area contributed by atoms with Gasteiger partial charge >= 0.3 is 6.18 Å². The topological polar surface area (TPSA) is 50.8 Å². The van der Waals surface area contributed by atoms with Crippen LogP contribution < -0.4 is 10.1 Å². The number of carbonyl (C=O) groups excluding carboxylic acids is 1. The van der Waals surface area contributed by atoms with Crippen LogP contribution in [0.15, 0.2) is 66.7 Å². The SMILES string of the molecule is O=C(COc1ccc2ccccc2c1)NCC(c1ccc(C(F)(F)F)cc1)N1CCOCC1. The lowest BCUT2D eigenvalue weighted by molar-refractivity contribution is -0.137. The van der Waals surface area contributed by atoms with E-state index in [-0.39, 0.29) is 25.1 Å². The van der Waals surface area contributed by atoms with Gasteiger partial charge in [0.05, 0.1) is 24.8 Å². The first kappa shape index (κ1) is 23.1. The van der Waals surface area contributed by atoms with Crippen molar-refractivity contribution in [1.82, 2.24) is 10.2 Å². The fourth-order valence-corrected chi connectivity index (χ4v) is 3.91. The van der Waals surface area contributed by atoms with Gasteiger partial charge in [0.1, 0.15) is 5.75 Å². The van der Waals surface area contributed by atoms with E-state index in [0.29, 0.717) is 37.6 Å². The third kappa shape index (κ3) is 6.03. The second-order valence-electron chi connectivity index (χ2n) is 7.89. The highest BCUT2D eigenvalue weighted by Gasteiger charge is 2.31. The lowest BCUT2D eigenvalue weighted by atomic mass is 10.0. The van der Waals surface area contributed by atoms with E-state index >= 15 is 0 Å². The Morgan fingerprint density at radius 2 is 1.70 bits per heavy atom. The largest absolute Gasteiger partial charge is 0.484 e. The predicted octanol–water partition coefficient (Wildman–Crippen LogP) is 4.43. The third-order valence-electron chi connectivity index (χ3n) is 5.69. The minimum Gasteiger partial charge on any atom is -0.484 e. The number of halogens is 3. The second-order valence-corrected chi connectivity index (χ2v) is 7.89. The first-order valence-corrected chi connectivity index (χ1v) is 10.8. The number of benzene rings is 3. The number of amides is 1. The van der Waals surface area contributed by atoms with Crippen LogP contribution in [0, 0.1) is 0 Å². The van der Waals surface area contributed by atoms with Crippen LogP contribution in [0.25, 0.3) is 10.8 Å². The molecule has 0 saturated carbocycles. The smallest absolute Gasteiger partial charge is 0.416 e. The van der Waals surface area contributed by atoms with E-state index in [1.54, 1.807) is 0 Å². The van der Waals surface area contributed by atoms with Gasteiger partial charge in [0, 0.05) is 19.6 Å². The molecule has 3 aromatic rings. The highest BCUT2D eigenvalue weighted by molar-refractivity contribution is 5.84. The number of rotatable bonds is 7. The standard InChI is InChI=1S/C25H25F3N2O3/c26-25(27,28)21-8-5-19(6-9-21)23(30-11-13-32-14-12-30)16-29-24(31)17-33-22-10-7-18-3-1-2-4-20(18)15-22/h1-10,15,23H,11-14,16-17H2,(H,29,31). The van der Waals surface area contributed by atoms with Gasteiger partial charge in [-0.15, -0.1) is 0 Å². The molecule has 174 valence electrons. The van der Waals surface area contributed by atoms with E-state index in [4.69, 9.17) is 9.47 Å². The Morgan fingerprint density at radius 1 is 1.00 bits per heavy atom. The molecular formula is C25H25F3N2O3. The van der Waals surface area contributed by atoms with E-state index in [2.05, 4.69) is 10.2 Å². The van der Waals surface area contributed by atoms with Crippen molar-refractivity contribution in [3.8, 4) is 5.75 Å². The van der Waals surface area contributed by atoms with E-state index in [1.807, 2.05) is 42.5 Å². The molecule has 0 bridgehead atoms.